The smallest absolute Gasteiger partial charge is 0.165 e. The van der Waals surface area contributed by atoms with Crippen LogP contribution in [-0.4, -0.2) is 57.0 Å². The Morgan fingerprint density at radius 3 is 2.50 bits per heavy atom. The van der Waals surface area contributed by atoms with Crippen LogP contribution >= 0.6 is 12.4 Å². The van der Waals surface area contributed by atoms with E-state index in [-0.39, 0.29) is 25.1 Å². The van der Waals surface area contributed by atoms with Gasteiger partial charge >= 0.3 is 0 Å². The van der Waals surface area contributed by atoms with Gasteiger partial charge in [0.1, 0.15) is 0 Å². The monoisotopic (exact) mass is 302 g/mol. The van der Waals surface area contributed by atoms with E-state index in [9.17, 15) is 5.11 Å². The standard InChI is InChI=1S/C14H22N2O3.ClH/c1-18-13-5-3-4-11(14(13)19-2)12(10-17)16-8-6-15-7-9-16;/h3-5,12,15,17H,6-10H2,1-2H3;1H/t12-;/m0./s1. The van der Waals surface area contributed by atoms with E-state index in [4.69, 9.17) is 9.47 Å². The highest BCUT2D eigenvalue weighted by Gasteiger charge is 2.25. The highest BCUT2D eigenvalue weighted by atomic mass is 35.5. The molecule has 1 saturated heterocycles. The third-order valence-electron chi connectivity index (χ3n) is 3.56. The van der Waals surface area contributed by atoms with Crippen molar-refractivity contribution in [3.05, 3.63) is 23.8 Å². The lowest BCUT2D eigenvalue weighted by molar-refractivity contribution is 0.108. The summed E-state index contributed by atoms with van der Waals surface area (Å²) < 4.78 is 10.8. The van der Waals surface area contributed by atoms with Gasteiger partial charge in [0, 0.05) is 31.7 Å². The molecule has 2 N–H and O–H groups in total. The molecule has 1 aliphatic rings. The SMILES string of the molecule is COc1cccc([C@H](CO)N2CCNCC2)c1OC.Cl. The first kappa shape index (κ1) is 17.0. The van der Waals surface area contributed by atoms with E-state index in [0.29, 0.717) is 11.5 Å². The van der Waals surface area contributed by atoms with Crippen LogP contribution in [0.5, 0.6) is 11.5 Å². The first-order chi connectivity index (χ1) is 9.31. The zero-order valence-electron chi connectivity index (χ0n) is 12.0. The van der Waals surface area contributed by atoms with Crippen molar-refractivity contribution in [2.45, 2.75) is 6.04 Å². The van der Waals surface area contributed by atoms with E-state index >= 15 is 0 Å². The molecule has 1 fully saturated rings. The Balaban J connectivity index is 0.00000200. The number of rotatable bonds is 5. The van der Waals surface area contributed by atoms with Crippen LogP contribution in [0.3, 0.4) is 0 Å². The highest BCUT2D eigenvalue weighted by Crippen LogP contribution is 2.36. The van der Waals surface area contributed by atoms with E-state index < -0.39 is 0 Å². The molecule has 5 nitrogen and oxygen atoms in total. The van der Waals surface area contributed by atoms with Crippen LogP contribution in [0.1, 0.15) is 11.6 Å². The van der Waals surface area contributed by atoms with Gasteiger partial charge in [-0.05, 0) is 6.07 Å². The molecule has 1 heterocycles. The van der Waals surface area contributed by atoms with E-state index in [2.05, 4.69) is 10.2 Å². The molecule has 0 aliphatic carbocycles. The molecule has 6 heteroatoms. The van der Waals surface area contributed by atoms with Gasteiger partial charge in [-0.3, -0.25) is 4.90 Å². The van der Waals surface area contributed by atoms with E-state index in [1.807, 2.05) is 18.2 Å². The van der Waals surface area contributed by atoms with Gasteiger partial charge in [0.15, 0.2) is 11.5 Å². The van der Waals surface area contributed by atoms with Crippen LogP contribution < -0.4 is 14.8 Å². The summed E-state index contributed by atoms with van der Waals surface area (Å²) in [5, 5.41) is 13.1. The maximum absolute atomic E-state index is 9.76. The van der Waals surface area contributed by atoms with Crippen molar-refractivity contribution in [2.75, 3.05) is 47.0 Å². The number of hydrogen-bond donors (Lipinski definition) is 2. The first-order valence-electron chi connectivity index (χ1n) is 6.58. The molecule has 0 bridgehead atoms. The Bertz CT molecular complexity index is 411. The minimum atomic E-state index is -0.0489. The molecular formula is C14H23ClN2O3. The maximum Gasteiger partial charge on any atom is 0.165 e. The number of aliphatic hydroxyl groups is 1. The minimum absolute atomic E-state index is 0. The summed E-state index contributed by atoms with van der Waals surface area (Å²) in [6.45, 7) is 3.81. The quantitative estimate of drug-likeness (QED) is 0.852. The first-order valence-corrected chi connectivity index (χ1v) is 6.58. The van der Waals surface area contributed by atoms with E-state index in [1.165, 1.54) is 0 Å². The van der Waals surface area contributed by atoms with Crippen molar-refractivity contribution < 1.29 is 14.6 Å². The fourth-order valence-electron chi connectivity index (χ4n) is 2.58. The second-order valence-corrected chi connectivity index (χ2v) is 4.57. The zero-order valence-corrected chi connectivity index (χ0v) is 12.8. The summed E-state index contributed by atoms with van der Waals surface area (Å²) in [5.74, 6) is 1.41. The summed E-state index contributed by atoms with van der Waals surface area (Å²) in [7, 11) is 3.26. The molecule has 1 aromatic carbocycles. The average molecular weight is 303 g/mol. The lowest BCUT2D eigenvalue weighted by Crippen LogP contribution is -2.46. The van der Waals surface area contributed by atoms with Gasteiger partial charge < -0.3 is 19.9 Å². The Labute approximate surface area is 126 Å². The summed E-state index contributed by atoms with van der Waals surface area (Å²) >= 11 is 0. The van der Waals surface area contributed by atoms with Crippen molar-refractivity contribution >= 4 is 12.4 Å². The third kappa shape index (κ3) is 3.55. The topological polar surface area (TPSA) is 54.0 Å². The van der Waals surface area contributed by atoms with Crippen LogP contribution in [0.4, 0.5) is 0 Å². The summed E-state index contributed by atoms with van der Waals surface area (Å²) in [6, 6.07) is 5.74. The van der Waals surface area contributed by atoms with Gasteiger partial charge in [-0.15, -0.1) is 12.4 Å². The normalized spacial score (nSPS) is 17.1. The zero-order chi connectivity index (χ0) is 13.7. The molecule has 1 aliphatic heterocycles. The number of piperazine rings is 1. The van der Waals surface area contributed by atoms with Crippen molar-refractivity contribution in [1.29, 1.82) is 0 Å². The molecular weight excluding hydrogens is 280 g/mol. The predicted octanol–water partition coefficient (Wildman–Crippen LogP) is 1.06. The van der Waals surface area contributed by atoms with E-state index in [1.54, 1.807) is 14.2 Å². The Morgan fingerprint density at radius 1 is 1.25 bits per heavy atom. The molecule has 0 radical (unpaired) electrons. The van der Waals surface area contributed by atoms with E-state index in [0.717, 1.165) is 31.7 Å². The van der Waals surface area contributed by atoms with Crippen LogP contribution in [0.15, 0.2) is 18.2 Å². The molecule has 0 spiro atoms. The number of benzene rings is 1. The molecule has 0 amide bonds. The maximum atomic E-state index is 9.76. The lowest BCUT2D eigenvalue weighted by Gasteiger charge is -2.34. The summed E-state index contributed by atoms with van der Waals surface area (Å²) in [5.41, 5.74) is 0.978. The molecule has 1 aromatic rings. The van der Waals surface area contributed by atoms with Gasteiger partial charge in [-0.25, -0.2) is 0 Å². The minimum Gasteiger partial charge on any atom is -0.493 e. The van der Waals surface area contributed by atoms with Crippen molar-refractivity contribution in [2.24, 2.45) is 0 Å². The molecule has 2 rings (SSSR count). The number of hydrogen-bond acceptors (Lipinski definition) is 5. The fourth-order valence-corrected chi connectivity index (χ4v) is 2.58. The number of ether oxygens (including phenoxy) is 2. The van der Waals surface area contributed by atoms with Crippen molar-refractivity contribution in [3.8, 4) is 11.5 Å². The molecule has 0 saturated carbocycles. The number of halogens is 1. The lowest BCUT2D eigenvalue weighted by atomic mass is 10.0. The summed E-state index contributed by atoms with van der Waals surface area (Å²) in [4.78, 5) is 2.27. The second-order valence-electron chi connectivity index (χ2n) is 4.57. The van der Waals surface area contributed by atoms with Crippen LogP contribution in [-0.2, 0) is 0 Å². The Hall–Kier alpha value is -1.01. The average Bonchev–Trinajstić information content (AvgIpc) is 2.48. The molecule has 1 atom stereocenters. The van der Waals surface area contributed by atoms with Gasteiger partial charge in [0.25, 0.3) is 0 Å². The number of nitrogens with zero attached hydrogens (tertiary/aromatic N) is 1. The van der Waals surface area contributed by atoms with Crippen LogP contribution in [0.25, 0.3) is 0 Å². The Kier molecular flexibility index (Phi) is 7.09. The second kappa shape index (κ2) is 8.32. The largest absolute Gasteiger partial charge is 0.493 e. The summed E-state index contributed by atoms with van der Waals surface area (Å²) in [6.07, 6.45) is 0. The van der Waals surface area contributed by atoms with Gasteiger partial charge in [-0.2, -0.15) is 0 Å². The predicted molar refractivity (Wildman–Crippen MR) is 81.1 cm³/mol. The third-order valence-corrected chi connectivity index (χ3v) is 3.56. The van der Waals surface area contributed by atoms with Crippen LogP contribution in [0.2, 0.25) is 0 Å². The number of para-hydroxylation sites is 1. The molecule has 0 aromatic heterocycles. The molecule has 20 heavy (non-hydrogen) atoms. The number of methoxy groups -OCH3 is 2. The Morgan fingerprint density at radius 2 is 1.95 bits per heavy atom. The van der Waals surface area contributed by atoms with Gasteiger partial charge in [0.2, 0.25) is 0 Å². The number of aliphatic hydroxyl groups excluding tert-OH is 1. The van der Waals surface area contributed by atoms with Gasteiger partial charge in [-0.1, -0.05) is 12.1 Å². The highest BCUT2D eigenvalue weighted by molar-refractivity contribution is 5.85. The van der Waals surface area contributed by atoms with Crippen LogP contribution in [0, 0.1) is 0 Å². The van der Waals surface area contributed by atoms with Gasteiger partial charge in [0.05, 0.1) is 26.9 Å². The molecule has 0 unspecified atom stereocenters. The fraction of sp³-hybridized carbons (Fsp3) is 0.571. The molecule has 114 valence electrons. The van der Waals surface area contributed by atoms with Crippen molar-refractivity contribution in [1.82, 2.24) is 10.2 Å². The number of nitrogens with one attached hydrogen (secondary N) is 1. The van der Waals surface area contributed by atoms with Crippen molar-refractivity contribution in [3.63, 3.8) is 0 Å².